The van der Waals surface area contributed by atoms with Gasteiger partial charge in [-0.15, -0.1) is 0 Å². The molecule has 0 aromatic heterocycles. The summed E-state index contributed by atoms with van der Waals surface area (Å²) in [5, 5.41) is 3.92. The van der Waals surface area contributed by atoms with Gasteiger partial charge in [-0.05, 0) is 23.8 Å². The van der Waals surface area contributed by atoms with Gasteiger partial charge in [0.05, 0.1) is 5.70 Å². The van der Waals surface area contributed by atoms with Crippen LogP contribution in [0, 0.1) is 0 Å². The average molecular weight is 170 g/mol. The summed E-state index contributed by atoms with van der Waals surface area (Å²) in [6.45, 7) is 0. The topological polar surface area (TPSA) is 24.4 Å². The fraction of sp³-hybridized carbons (Fsp3) is 0. The molecular weight excluding hydrogens is 160 g/mol. The summed E-state index contributed by atoms with van der Waals surface area (Å²) in [4.78, 5) is 0. The van der Waals surface area contributed by atoms with Crippen LogP contribution in [-0.4, -0.2) is 6.21 Å². The lowest BCUT2D eigenvalue weighted by atomic mass is 10.2. The maximum atomic E-state index is 3.92. The highest BCUT2D eigenvalue weighted by Gasteiger charge is 1.92. The van der Waals surface area contributed by atoms with E-state index < -0.39 is 0 Å². The van der Waals surface area contributed by atoms with E-state index in [1.54, 1.807) is 6.21 Å². The molecule has 2 rings (SSSR count). The number of nitrogens with one attached hydrogen (secondary N) is 1. The summed E-state index contributed by atoms with van der Waals surface area (Å²) in [5.74, 6) is 0. The van der Waals surface area contributed by atoms with Crippen LogP contribution in [0.2, 0.25) is 0 Å². The van der Waals surface area contributed by atoms with Crippen LogP contribution in [0.25, 0.3) is 6.08 Å². The third-order valence-corrected chi connectivity index (χ3v) is 1.75. The predicted octanol–water partition coefficient (Wildman–Crippen LogP) is 2.17. The minimum absolute atomic E-state index is 1.01. The molecule has 0 fully saturated rings. The largest absolute Gasteiger partial charge is 0.279 e. The number of hydrogen-bond donors (Lipinski definition) is 1. The Labute approximate surface area is 77.3 Å². The average Bonchev–Trinajstić information content (AvgIpc) is 2.21. The molecule has 0 radical (unpaired) electrons. The molecule has 1 aromatic carbocycles. The summed E-state index contributed by atoms with van der Waals surface area (Å²) in [6.07, 6.45) is 7.67. The zero-order chi connectivity index (χ0) is 8.93. The van der Waals surface area contributed by atoms with Gasteiger partial charge in [-0.25, -0.2) is 0 Å². The first-order valence-corrected chi connectivity index (χ1v) is 4.18. The van der Waals surface area contributed by atoms with Gasteiger partial charge >= 0.3 is 0 Å². The van der Waals surface area contributed by atoms with Crippen molar-refractivity contribution < 1.29 is 0 Å². The van der Waals surface area contributed by atoms with Crippen molar-refractivity contribution in [3.8, 4) is 0 Å². The molecule has 13 heavy (non-hydrogen) atoms. The number of hydrogen-bond acceptors (Lipinski definition) is 2. The van der Waals surface area contributed by atoms with Crippen molar-refractivity contribution in [2.24, 2.45) is 5.10 Å². The third-order valence-electron chi connectivity index (χ3n) is 1.75. The molecule has 0 saturated carbocycles. The van der Waals surface area contributed by atoms with E-state index in [4.69, 9.17) is 0 Å². The van der Waals surface area contributed by atoms with E-state index in [0.29, 0.717) is 0 Å². The van der Waals surface area contributed by atoms with Crippen LogP contribution in [-0.2, 0) is 0 Å². The van der Waals surface area contributed by atoms with E-state index in [9.17, 15) is 0 Å². The molecule has 1 heterocycles. The minimum Gasteiger partial charge on any atom is -0.279 e. The zero-order valence-corrected chi connectivity index (χ0v) is 7.14. The Kier molecular flexibility index (Phi) is 2.23. The molecule has 0 unspecified atom stereocenters. The van der Waals surface area contributed by atoms with Crippen LogP contribution in [0.3, 0.4) is 0 Å². The number of rotatable bonds is 1. The fourth-order valence-corrected chi connectivity index (χ4v) is 1.15. The Morgan fingerprint density at radius 1 is 1.15 bits per heavy atom. The third kappa shape index (κ3) is 2.06. The van der Waals surface area contributed by atoms with Crippen molar-refractivity contribution in [1.29, 1.82) is 0 Å². The molecule has 0 aliphatic carbocycles. The summed E-state index contributed by atoms with van der Waals surface area (Å²) in [7, 11) is 0. The number of allylic oxidation sites excluding steroid dienone is 2. The Morgan fingerprint density at radius 2 is 2.00 bits per heavy atom. The predicted molar refractivity (Wildman–Crippen MR) is 55.2 cm³/mol. The van der Waals surface area contributed by atoms with Gasteiger partial charge in [-0.2, -0.15) is 5.10 Å². The van der Waals surface area contributed by atoms with Crippen LogP contribution in [0.15, 0.2) is 53.3 Å². The SMILES string of the molecule is C1=CC(=Cc2ccccc2)NN=C1. The highest BCUT2D eigenvalue weighted by atomic mass is 15.3. The van der Waals surface area contributed by atoms with Crippen molar-refractivity contribution in [3.63, 3.8) is 0 Å². The lowest BCUT2D eigenvalue weighted by Gasteiger charge is -2.03. The summed E-state index contributed by atoms with van der Waals surface area (Å²) < 4.78 is 0. The van der Waals surface area contributed by atoms with E-state index in [0.717, 1.165) is 5.70 Å². The molecule has 0 amide bonds. The van der Waals surface area contributed by atoms with Crippen LogP contribution in [0.5, 0.6) is 0 Å². The maximum Gasteiger partial charge on any atom is 0.0568 e. The molecular formula is C11H10N2. The Morgan fingerprint density at radius 3 is 2.69 bits per heavy atom. The minimum atomic E-state index is 1.01. The van der Waals surface area contributed by atoms with Gasteiger partial charge in [0.2, 0.25) is 0 Å². The zero-order valence-electron chi connectivity index (χ0n) is 7.14. The molecule has 64 valence electrons. The van der Waals surface area contributed by atoms with Crippen LogP contribution >= 0.6 is 0 Å². The molecule has 0 spiro atoms. The first-order chi connectivity index (χ1) is 6.45. The highest BCUT2D eigenvalue weighted by Crippen LogP contribution is 2.06. The Bertz CT molecular complexity index is 361. The standard InChI is InChI=1S/C11H10N2/c1-2-5-10(6-3-1)9-11-7-4-8-12-13-11/h1-9,13H. The van der Waals surface area contributed by atoms with E-state index in [-0.39, 0.29) is 0 Å². The normalized spacial score (nSPS) is 17.4. The number of hydrazone groups is 1. The molecule has 0 saturated heterocycles. The van der Waals surface area contributed by atoms with Gasteiger partial charge in [0.15, 0.2) is 0 Å². The molecule has 1 aliphatic rings. The summed E-state index contributed by atoms with van der Waals surface area (Å²) >= 11 is 0. The lowest BCUT2D eigenvalue weighted by Crippen LogP contribution is -2.05. The van der Waals surface area contributed by atoms with Crippen LogP contribution in [0.4, 0.5) is 0 Å². The van der Waals surface area contributed by atoms with Crippen molar-refractivity contribution in [3.05, 3.63) is 53.7 Å². The summed E-state index contributed by atoms with van der Waals surface area (Å²) in [6, 6.07) is 10.1. The lowest BCUT2D eigenvalue weighted by molar-refractivity contribution is 0.925. The monoisotopic (exact) mass is 170 g/mol. The Hall–Kier alpha value is -1.83. The van der Waals surface area contributed by atoms with Gasteiger partial charge in [0, 0.05) is 6.21 Å². The second kappa shape index (κ2) is 3.72. The van der Waals surface area contributed by atoms with E-state index in [2.05, 4.69) is 22.7 Å². The first kappa shape index (κ1) is 7.80. The molecule has 1 N–H and O–H groups in total. The van der Waals surface area contributed by atoms with Gasteiger partial charge in [0.25, 0.3) is 0 Å². The van der Waals surface area contributed by atoms with Crippen LogP contribution < -0.4 is 5.43 Å². The van der Waals surface area contributed by atoms with Gasteiger partial charge in [-0.3, -0.25) is 5.43 Å². The van der Waals surface area contributed by atoms with Gasteiger partial charge in [-0.1, -0.05) is 30.3 Å². The van der Waals surface area contributed by atoms with Crippen molar-refractivity contribution in [2.75, 3.05) is 0 Å². The smallest absolute Gasteiger partial charge is 0.0568 e. The Balaban J connectivity index is 2.21. The summed E-state index contributed by atoms with van der Waals surface area (Å²) in [5.41, 5.74) is 5.09. The molecule has 0 bridgehead atoms. The number of benzene rings is 1. The molecule has 1 aliphatic heterocycles. The molecule has 1 aromatic rings. The molecule has 2 nitrogen and oxygen atoms in total. The maximum absolute atomic E-state index is 3.92. The van der Waals surface area contributed by atoms with Crippen molar-refractivity contribution in [1.82, 2.24) is 5.43 Å². The van der Waals surface area contributed by atoms with Gasteiger partial charge < -0.3 is 0 Å². The van der Waals surface area contributed by atoms with E-state index in [1.807, 2.05) is 36.4 Å². The van der Waals surface area contributed by atoms with Crippen LogP contribution in [0.1, 0.15) is 5.56 Å². The van der Waals surface area contributed by atoms with Crippen molar-refractivity contribution in [2.45, 2.75) is 0 Å². The molecule has 0 atom stereocenters. The van der Waals surface area contributed by atoms with E-state index in [1.165, 1.54) is 5.56 Å². The van der Waals surface area contributed by atoms with Crippen molar-refractivity contribution >= 4 is 12.3 Å². The molecule has 2 heteroatoms. The second-order valence-corrected chi connectivity index (χ2v) is 2.76. The number of nitrogens with zero attached hydrogens (tertiary/aromatic N) is 1. The van der Waals surface area contributed by atoms with Gasteiger partial charge in [0.1, 0.15) is 0 Å². The first-order valence-electron chi connectivity index (χ1n) is 4.18. The highest BCUT2D eigenvalue weighted by molar-refractivity contribution is 5.74. The second-order valence-electron chi connectivity index (χ2n) is 2.76. The quantitative estimate of drug-likeness (QED) is 0.686. The fourth-order valence-electron chi connectivity index (χ4n) is 1.15. The van der Waals surface area contributed by atoms with E-state index >= 15 is 0 Å².